The summed E-state index contributed by atoms with van der Waals surface area (Å²) >= 11 is 5.35. The van der Waals surface area contributed by atoms with Crippen LogP contribution in [0.15, 0.2) is 41.2 Å². The maximum Gasteiger partial charge on any atom is 0.262 e. The quantitative estimate of drug-likeness (QED) is 0.810. The first kappa shape index (κ1) is 13.4. The zero-order valence-electron chi connectivity index (χ0n) is 10.5. The molecule has 5 heteroatoms. The Labute approximate surface area is 115 Å². The molecule has 0 saturated heterocycles. The fourth-order valence-electron chi connectivity index (χ4n) is 1.84. The highest BCUT2D eigenvalue weighted by molar-refractivity contribution is 6.67. The minimum atomic E-state index is -0.748. The van der Waals surface area contributed by atoms with Gasteiger partial charge in [-0.1, -0.05) is 0 Å². The van der Waals surface area contributed by atoms with E-state index in [0.29, 0.717) is 5.69 Å². The molecular weight excluding hydrogens is 266 g/mol. The van der Waals surface area contributed by atoms with Crippen LogP contribution in [0, 0.1) is 0 Å². The number of aromatic nitrogens is 1. The number of halogens is 1. The van der Waals surface area contributed by atoms with Crippen molar-refractivity contribution in [3.8, 4) is 17.0 Å². The van der Waals surface area contributed by atoms with Crippen molar-refractivity contribution >= 4 is 16.8 Å². The molecular formula is C14H12ClNO3. The smallest absolute Gasteiger partial charge is 0.262 e. The lowest BCUT2D eigenvalue weighted by molar-refractivity contribution is 0.107. The average Bonchev–Trinajstić information content (AvgIpc) is 2.41. The van der Waals surface area contributed by atoms with Gasteiger partial charge in [-0.2, -0.15) is 0 Å². The summed E-state index contributed by atoms with van der Waals surface area (Å²) in [4.78, 5) is 23.0. The van der Waals surface area contributed by atoms with E-state index in [1.807, 2.05) is 12.1 Å². The van der Waals surface area contributed by atoms with E-state index in [1.165, 1.54) is 10.6 Å². The van der Waals surface area contributed by atoms with Crippen molar-refractivity contribution in [3.05, 3.63) is 52.3 Å². The second-order valence-electron chi connectivity index (χ2n) is 4.00. The molecule has 0 spiro atoms. The Kier molecular flexibility index (Phi) is 3.71. The number of carbonyl (C=O) groups excluding carboxylic acids is 1. The summed E-state index contributed by atoms with van der Waals surface area (Å²) < 4.78 is 6.48. The van der Waals surface area contributed by atoms with Gasteiger partial charge >= 0.3 is 0 Å². The Morgan fingerprint density at radius 1 is 1.16 bits per heavy atom. The molecule has 0 bridgehead atoms. The van der Waals surface area contributed by atoms with E-state index in [1.54, 1.807) is 32.4 Å². The Bertz CT molecular complexity index is 674. The SMILES string of the molecule is COc1ccc(-c2ccc(C(=O)Cl)c(=O)n2C)cc1. The topological polar surface area (TPSA) is 48.3 Å². The molecule has 2 aromatic rings. The number of pyridine rings is 1. The lowest BCUT2D eigenvalue weighted by atomic mass is 10.1. The minimum Gasteiger partial charge on any atom is -0.497 e. The molecule has 0 radical (unpaired) electrons. The van der Waals surface area contributed by atoms with Gasteiger partial charge in [0.05, 0.1) is 18.4 Å². The molecule has 0 aliphatic heterocycles. The summed E-state index contributed by atoms with van der Waals surface area (Å²) in [6.07, 6.45) is 0. The molecule has 1 aromatic heterocycles. The van der Waals surface area contributed by atoms with Gasteiger partial charge in [0.1, 0.15) is 5.75 Å². The van der Waals surface area contributed by atoms with Gasteiger partial charge in [0.15, 0.2) is 0 Å². The summed E-state index contributed by atoms with van der Waals surface area (Å²) in [5.41, 5.74) is 1.12. The van der Waals surface area contributed by atoms with Crippen LogP contribution in [0.3, 0.4) is 0 Å². The summed E-state index contributed by atoms with van der Waals surface area (Å²) in [5.74, 6) is 0.737. The highest BCUT2D eigenvalue weighted by Gasteiger charge is 2.12. The number of hydrogen-bond donors (Lipinski definition) is 0. The number of hydrogen-bond acceptors (Lipinski definition) is 3. The van der Waals surface area contributed by atoms with Crippen molar-refractivity contribution in [2.24, 2.45) is 7.05 Å². The van der Waals surface area contributed by atoms with Crippen LogP contribution in [-0.2, 0) is 7.05 Å². The average molecular weight is 278 g/mol. The van der Waals surface area contributed by atoms with Gasteiger partial charge in [0, 0.05) is 7.05 Å². The number of rotatable bonds is 3. The molecule has 0 saturated carbocycles. The lowest BCUT2D eigenvalue weighted by Crippen LogP contribution is -2.23. The highest BCUT2D eigenvalue weighted by Crippen LogP contribution is 2.21. The van der Waals surface area contributed by atoms with Crippen molar-refractivity contribution in [1.82, 2.24) is 4.57 Å². The largest absolute Gasteiger partial charge is 0.497 e. The monoisotopic (exact) mass is 277 g/mol. The molecule has 0 unspecified atom stereocenters. The third kappa shape index (κ3) is 2.53. The van der Waals surface area contributed by atoms with E-state index in [0.717, 1.165) is 11.3 Å². The molecule has 0 N–H and O–H groups in total. The minimum absolute atomic E-state index is 0.0265. The van der Waals surface area contributed by atoms with Crippen LogP contribution >= 0.6 is 11.6 Å². The predicted molar refractivity (Wildman–Crippen MR) is 73.9 cm³/mol. The molecule has 0 fully saturated rings. The van der Waals surface area contributed by atoms with Crippen molar-refractivity contribution in [2.75, 3.05) is 7.11 Å². The number of nitrogens with zero attached hydrogens (tertiary/aromatic N) is 1. The Hall–Kier alpha value is -2.07. The van der Waals surface area contributed by atoms with Crippen LogP contribution in [0.2, 0.25) is 0 Å². The molecule has 19 heavy (non-hydrogen) atoms. The van der Waals surface area contributed by atoms with E-state index in [2.05, 4.69) is 0 Å². The normalized spacial score (nSPS) is 10.3. The van der Waals surface area contributed by atoms with Crippen LogP contribution in [-0.4, -0.2) is 16.9 Å². The molecule has 0 atom stereocenters. The fraction of sp³-hybridized carbons (Fsp3) is 0.143. The number of methoxy groups -OCH3 is 1. The first-order chi connectivity index (χ1) is 9.04. The van der Waals surface area contributed by atoms with Crippen LogP contribution in [0.25, 0.3) is 11.3 Å². The van der Waals surface area contributed by atoms with Crippen molar-refractivity contribution in [3.63, 3.8) is 0 Å². The number of carbonyl (C=O) groups is 1. The van der Waals surface area contributed by atoms with Gasteiger partial charge in [0.25, 0.3) is 10.8 Å². The zero-order chi connectivity index (χ0) is 14.0. The molecule has 1 heterocycles. The van der Waals surface area contributed by atoms with E-state index in [4.69, 9.17) is 16.3 Å². The first-order valence-corrected chi connectivity index (χ1v) is 5.96. The third-order valence-corrected chi connectivity index (χ3v) is 3.11. The van der Waals surface area contributed by atoms with E-state index in [-0.39, 0.29) is 5.56 Å². The third-order valence-electron chi connectivity index (χ3n) is 2.90. The van der Waals surface area contributed by atoms with Gasteiger partial charge in [-0.05, 0) is 53.6 Å². The van der Waals surface area contributed by atoms with Gasteiger partial charge in [-0.3, -0.25) is 9.59 Å². The second kappa shape index (κ2) is 5.28. The fourth-order valence-corrected chi connectivity index (χ4v) is 1.98. The van der Waals surface area contributed by atoms with Gasteiger partial charge < -0.3 is 9.30 Å². The van der Waals surface area contributed by atoms with Crippen LogP contribution in [0.1, 0.15) is 10.4 Å². The van der Waals surface area contributed by atoms with Crippen molar-refractivity contribution in [2.45, 2.75) is 0 Å². The van der Waals surface area contributed by atoms with Crippen LogP contribution < -0.4 is 10.3 Å². The van der Waals surface area contributed by atoms with Gasteiger partial charge in [-0.15, -0.1) is 0 Å². The zero-order valence-corrected chi connectivity index (χ0v) is 11.3. The lowest BCUT2D eigenvalue weighted by Gasteiger charge is -2.09. The van der Waals surface area contributed by atoms with Crippen molar-refractivity contribution in [1.29, 1.82) is 0 Å². The van der Waals surface area contributed by atoms with Crippen molar-refractivity contribution < 1.29 is 9.53 Å². The summed E-state index contributed by atoms with van der Waals surface area (Å²) in [5, 5.41) is -0.748. The molecule has 98 valence electrons. The molecule has 0 aliphatic carbocycles. The van der Waals surface area contributed by atoms with Crippen LogP contribution in [0.5, 0.6) is 5.75 Å². The van der Waals surface area contributed by atoms with E-state index < -0.39 is 10.8 Å². The molecule has 0 amide bonds. The Morgan fingerprint density at radius 2 is 1.79 bits per heavy atom. The maximum absolute atomic E-state index is 12.0. The standard InChI is InChI=1S/C14H12ClNO3/c1-16-12(8-7-11(13(15)17)14(16)18)9-3-5-10(19-2)6-4-9/h3-8H,1-2H3. The number of benzene rings is 1. The molecule has 1 aromatic carbocycles. The first-order valence-electron chi connectivity index (χ1n) is 5.59. The Balaban J connectivity index is 2.54. The molecule has 2 rings (SSSR count). The summed E-state index contributed by atoms with van der Waals surface area (Å²) in [6, 6.07) is 10.4. The Morgan fingerprint density at radius 3 is 2.32 bits per heavy atom. The maximum atomic E-state index is 12.0. The van der Waals surface area contributed by atoms with Crippen LogP contribution in [0.4, 0.5) is 0 Å². The summed E-state index contributed by atoms with van der Waals surface area (Å²) in [6.45, 7) is 0. The second-order valence-corrected chi connectivity index (χ2v) is 4.34. The predicted octanol–water partition coefficient (Wildman–Crippen LogP) is 2.44. The highest BCUT2D eigenvalue weighted by atomic mass is 35.5. The number of ether oxygens (including phenoxy) is 1. The summed E-state index contributed by atoms with van der Waals surface area (Å²) in [7, 11) is 3.19. The van der Waals surface area contributed by atoms with E-state index >= 15 is 0 Å². The van der Waals surface area contributed by atoms with E-state index in [9.17, 15) is 9.59 Å². The van der Waals surface area contributed by atoms with Gasteiger partial charge in [0.2, 0.25) is 0 Å². The van der Waals surface area contributed by atoms with Gasteiger partial charge in [-0.25, -0.2) is 0 Å². The molecule has 4 nitrogen and oxygen atoms in total. The molecule has 0 aliphatic rings.